The molecule has 1 aliphatic rings. The second kappa shape index (κ2) is 6.34. The summed E-state index contributed by atoms with van der Waals surface area (Å²) < 4.78 is 28.3. The molecule has 1 saturated carbocycles. The van der Waals surface area contributed by atoms with Crippen molar-refractivity contribution in [2.75, 3.05) is 6.61 Å². The normalized spacial score (nSPS) is 16.1. The maximum atomic E-state index is 12.1. The quantitative estimate of drug-likeness (QED) is 0.859. The Labute approximate surface area is 129 Å². The number of rotatable bonds is 4. The number of primary sulfonamides is 1. The fraction of sp³-hybridized carbons (Fsp3) is 0.500. The number of esters is 1. The largest absolute Gasteiger partial charge is 0.462 e. The zero-order chi connectivity index (χ0) is 15.6. The summed E-state index contributed by atoms with van der Waals surface area (Å²) in [7, 11) is -3.93. The fourth-order valence-electron chi connectivity index (χ4n) is 2.61. The van der Waals surface area contributed by atoms with E-state index in [1.54, 1.807) is 0 Å². The summed E-state index contributed by atoms with van der Waals surface area (Å²) in [6.07, 6.45) is 4.44. The van der Waals surface area contributed by atoms with E-state index in [-0.39, 0.29) is 21.0 Å². The van der Waals surface area contributed by atoms with Crippen molar-refractivity contribution in [1.82, 2.24) is 0 Å². The molecular formula is C14H18ClNO4S. The summed E-state index contributed by atoms with van der Waals surface area (Å²) in [4.78, 5) is 12.0. The van der Waals surface area contributed by atoms with Crippen molar-refractivity contribution in [1.29, 1.82) is 0 Å². The molecule has 0 unspecified atom stereocenters. The Morgan fingerprint density at radius 1 is 1.38 bits per heavy atom. The zero-order valence-corrected chi connectivity index (χ0v) is 13.3. The molecule has 1 aromatic carbocycles. The van der Waals surface area contributed by atoms with E-state index in [9.17, 15) is 13.2 Å². The summed E-state index contributed by atoms with van der Waals surface area (Å²) in [6.45, 7) is 1.87. The third-order valence-corrected chi connectivity index (χ3v) is 5.03. The predicted octanol–water partition coefficient (Wildman–Crippen LogP) is 2.64. The zero-order valence-electron chi connectivity index (χ0n) is 11.8. The van der Waals surface area contributed by atoms with Crippen molar-refractivity contribution in [2.24, 2.45) is 11.1 Å². The molecule has 0 bridgehead atoms. The second-order valence-electron chi connectivity index (χ2n) is 5.37. The predicted molar refractivity (Wildman–Crippen MR) is 79.8 cm³/mol. The topological polar surface area (TPSA) is 86.5 Å². The lowest BCUT2D eigenvalue weighted by molar-refractivity contribution is 0.0441. The van der Waals surface area contributed by atoms with Gasteiger partial charge in [0.25, 0.3) is 0 Å². The third-order valence-electron chi connectivity index (χ3n) is 3.78. The molecule has 0 aromatic heterocycles. The van der Waals surface area contributed by atoms with Gasteiger partial charge in [0, 0.05) is 5.02 Å². The van der Waals surface area contributed by atoms with Gasteiger partial charge in [0.05, 0.1) is 17.1 Å². The fourth-order valence-corrected chi connectivity index (χ4v) is 3.72. The van der Waals surface area contributed by atoms with E-state index in [0.29, 0.717) is 12.5 Å². The van der Waals surface area contributed by atoms with Crippen molar-refractivity contribution < 1.29 is 17.9 Å². The molecule has 0 saturated heterocycles. The molecular weight excluding hydrogens is 314 g/mol. The van der Waals surface area contributed by atoms with Gasteiger partial charge in [-0.15, -0.1) is 0 Å². The lowest BCUT2D eigenvalue weighted by Crippen LogP contribution is -2.18. The van der Waals surface area contributed by atoms with Crippen molar-refractivity contribution in [2.45, 2.75) is 37.5 Å². The van der Waals surface area contributed by atoms with Crippen molar-refractivity contribution in [3.05, 3.63) is 28.3 Å². The number of nitrogens with two attached hydrogens (primary N) is 1. The van der Waals surface area contributed by atoms with Gasteiger partial charge < -0.3 is 4.74 Å². The van der Waals surface area contributed by atoms with Crippen LogP contribution < -0.4 is 5.14 Å². The molecule has 0 aliphatic heterocycles. The summed E-state index contributed by atoms with van der Waals surface area (Å²) in [5.41, 5.74) is 0.405. The minimum Gasteiger partial charge on any atom is -0.462 e. The van der Waals surface area contributed by atoms with E-state index < -0.39 is 16.0 Å². The Bertz CT molecular complexity index is 651. The molecule has 0 amide bonds. The monoisotopic (exact) mass is 331 g/mol. The van der Waals surface area contributed by atoms with Crippen LogP contribution >= 0.6 is 11.6 Å². The average molecular weight is 332 g/mol. The Kier molecular flexibility index (Phi) is 4.91. The lowest BCUT2D eigenvalue weighted by Gasteiger charge is -2.13. The number of carbonyl (C=O) groups excluding carboxylic acids is 1. The molecule has 0 radical (unpaired) electrons. The summed E-state index contributed by atoms with van der Waals surface area (Å²) in [5, 5.41) is 5.27. The highest BCUT2D eigenvalue weighted by Crippen LogP contribution is 2.27. The van der Waals surface area contributed by atoms with Gasteiger partial charge in [-0.25, -0.2) is 18.4 Å². The van der Waals surface area contributed by atoms with Gasteiger partial charge in [0.15, 0.2) is 0 Å². The molecule has 1 aliphatic carbocycles. The van der Waals surface area contributed by atoms with Crippen LogP contribution in [0.5, 0.6) is 0 Å². The van der Waals surface area contributed by atoms with Gasteiger partial charge in [-0.2, -0.15) is 0 Å². The Morgan fingerprint density at radius 3 is 2.57 bits per heavy atom. The lowest BCUT2D eigenvalue weighted by atomic mass is 10.1. The number of halogens is 1. The first-order chi connectivity index (χ1) is 9.79. The van der Waals surface area contributed by atoms with E-state index in [0.717, 1.165) is 25.7 Å². The van der Waals surface area contributed by atoms with Crippen molar-refractivity contribution in [3.8, 4) is 0 Å². The van der Waals surface area contributed by atoms with Crippen LogP contribution in [-0.4, -0.2) is 21.0 Å². The number of sulfonamides is 1. The summed E-state index contributed by atoms with van der Waals surface area (Å²) >= 11 is 5.87. The first-order valence-corrected chi connectivity index (χ1v) is 8.71. The first kappa shape index (κ1) is 16.3. The van der Waals surface area contributed by atoms with Crippen LogP contribution in [-0.2, 0) is 14.8 Å². The SMILES string of the molecule is Cc1c(C(=O)OCC2CCCC2)cc(Cl)cc1S(N)(=O)=O. The molecule has 5 nitrogen and oxygen atoms in total. The number of carbonyl (C=O) groups is 1. The number of ether oxygens (including phenoxy) is 1. The summed E-state index contributed by atoms with van der Waals surface area (Å²) in [5.74, 6) is -0.169. The minimum atomic E-state index is -3.93. The number of hydrogen-bond donors (Lipinski definition) is 1. The maximum Gasteiger partial charge on any atom is 0.338 e. The smallest absolute Gasteiger partial charge is 0.338 e. The van der Waals surface area contributed by atoms with E-state index in [2.05, 4.69) is 0 Å². The maximum absolute atomic E-state index is 12.1. The third kappa shape index (κ3) is 3.96. The highest BCUT2D eigenvalue weighted by Gasteiger charge is 2.22. The molecule has 0 heterocycles. The molecule has 2 N–H and O–H groups in total. The van der Waals surface area contributed by atoms with Crippen LogP contribution in [0.15, 0.2) is 17.0 Å². The highest BCUT2D eigenvalue weighted by molar-refractivity contribution is 7.89. The average Bonchev–Trinajstić information content (AvgIpc) is 2.90. The van der Waals surface area contributed by atoms with Gasteiger partial charge in [-0.1, -0.05) is 24.4 Å². The molecule has 1 fully saturated rings. The van der Waals surface area contributed by atoms with Crippen LogP contribution in [0.2, 0.25) is 5.02 Å². The standard InChI is InChI=1S/C14H18ClNO4S/c1-9-12(6-11(15)7-13(9)21(16,18)19)14(17)20-8-10-4-2-3-5-10/h6-7,10H,2-5,8H2,1H3,(H2,16,18,19). The molecule has 7 heteroatoms. The van der Waals surface area contributed by atoms with Crippen molar-refractivity contribution >= 4 is 27.6 Å². The van der Waals surface area contributed by atoms with Crippen LogP contribution in [0, 0.1) is 12.8 Å². The Balaban J connectivity index is 2.22. The number of hydrogen-bond acceptors (Lipinski definition) is 4. The van der Waals surface area contributed by atoms with Gasteiger partial charge >= 0.3 is 5.97 Å². The van der Waals surface area contributed by atoms with Gasteiger partial charge in [-0.3, -0.25) is 0 Å². The van der Waals surface area contributed by atoms with Crippen molar-refractivity contribution in [3.63, 3.8) is 0 Å². The van der Waals surface area contributed by atoms with Crippen LogP contribution in [0.1, 0.15) is 41.6 Å². The van der Waals surface area contributed by atoms with E-state index in [1.807, 2.05) is 0 Å². The molecule has 0 spiro atoms. The van der Waals surface area contributed by atoms with E-state index in [4.69, 9.17) is 21.5 Å². The second-order valence-corrected chi connectivity index (χ2v) is 7.34. The molecule has 21 heavy (non-hydrogen) atoms. The van der Waals surface area contributed by atoms with Crippen LogP contribution in [0.25, 0.3) is 0 Å². The first-order valence-electron chi connectivity index (χ1n) is 6.79. The highest BCUT2D eigenvalue weighted by atomic mass is 35.5. The van der Waals surface area contributed by atoms with Gasteiger partial charge in [0.2, 0.25) is 10.0 Å². The Morgan fingerprint density at radius 2 is 2.00 bits per heavy atom. The summed E-state index contributed by atoms with van der Waals surface area (Å²) in [6, 6.07) is 2.64. The van der Waals surface area contributed by atoms with Gasteiger partial charge in [0.1, 0.15) is 0 Å². The molecule has 0 atom stereocenters. The van der Waals surface area contributed by atoms with E-state index >= 15 is 0 Å². The molecule has 1 aromatic rings. The Hall–Kier alpha value is -1.11. The van der Waals surface area contributed by atoms with E-state index in [1.165, 1.54) is 19.1 Å². The molecule has 116 valence electrons. The van der Waals surface area contributed by atoms with Crippen LogP contribution in [0.4, 0.5) is 0 Å². The van der Waals surface area contributed by atoms with Gasteiger partial charge in [-0.05, 0) is 43.4 Å². The number of benzene rings is 1. The van der Waals surface area contributed by atoms with Crippen LogP contribution in [0.3, 0.4) is 0 Å². The minimum absolute atomic E-state index is 0.137. The molecule has 2 rings (SSSR count).